The number of ether oxygens (including phenoxy) is 1. The van der Waals surface area contributed by atoms with E-state index in [-0.39, 0.29) is 17.9 Å². The number of nitro groups is 1. The molecule has 0 spiro atoms. The molecule has 0 aliphatic carbocycles. The first kappa shape index (κ1) is 24.2. The number of anilines is 1. The molecule has 1 amide bonds. The van der Waals surface area contributed by atoms with Crippen LogP contribution >= 0.6 is 0 Å². The number of hydrogen-bond donors (Lipinski definition) is 1. The zero-order valence-electron chi connectivity index (χ0n) is 18.4. The van der Waals surface area contributed by atoms with Crippen molar-refractivity contribution in [2.75, 3.05) is 11.9 Å². The van der Waals surface area contributed by atoms with E-state index >= 15 is 0 Å². The van der Waals surface area contributed by atoms with Crippen LogP contribution in [-0.4, -0.2) is 28.1 Å². The number of aromatic nitrogens is 1. The van der Waals surface area contributed by atoms with Gasteiger partial charge in [-0.25, -0.2) is 4.79 Å². The zero-order chi connectivity index (χ0) is 24.5. The van der Waals surface area contributed by atoms with Crippen molar-refractivity contribution >= 4 is 23.3 Å². The standard InChI is InChI=1S/C24H23N3O7/c1-2-3-14-33-24(30)18-9-11-19(12-10-18)25-22(28)21-8-5-13-26(23(21)29)34-16-17-6-4-7-20(15-17)27(31)32/h4-13,15H,2-3,14,16H2,1H3,(H,25,28). The van der Waals surface area contributed by atoms with Gasteiger partial charge in [-0.3, -0.25) is 19.7 Å². The quantitative estimate of drug-likeness (QED) is 0.210. The third-order valence-corrected chi connectivity index (χ3v) is 4.76. The maximum Gasteiger partial charge on any atom is 0.338 e. The number of nitro benzene ring substituents is 1. The molecule has 3 rings (SSSR count). The van der Waals surface area contributed by atoms with Gasteiger partial charge in [0.15, 0.2) is 0 Å². The summed E-state index contributed by atoms with van der Waals surface area (Å²) in [6.07, 6.45) is 3.04. The van der Waals surface area contributed by atoms with E-state index in [0.717, 1.165) is 17.6 Å². The molecule has 0 aliphatic heterocycles. The van der Waals surface area contributed by atoms with Crippen LogP contribution in [0.25, 0.3) is 0 Å². The lowest BCUT2D eigenvalue weighted by atomic mass is 10.2. The summed E-state index contributed by atoms with van der Waals surface area (Å²) in [6, 6.07) is 14.8. The van der Waals surface area contributed by atoms with Crippen LogP contribution in [0.4, 0.5) is 11.4 Å². The molecule has 0 aliphatic rings. The van der Waals surface area contributed by atoms with Crippen LogP contribution < -0.4 is 15.7 Å². The predicted octanol–water partition coefficient (Wildman–Crippen LogP) is 3.59. The molecule has 10 nitrogen and oxygen atoms in total. The van der Waals surface area contributed by atoms with Gasteiger partial charge in [0.1, 0.15) is 12.2 Å². The highest BCUT2D eigenvalue weighted by Crippen LogP contribution is 2.14. The van der Waals surface area contributed by atoms with Crippen molar-refractivity contribution in [2.24, 2.45) is 0 Å². The first-order valence-electron chi connectivity index (χ1n) is 10.6. The highest BCUT2D eigenvalue weighted by atomic mass is 16.7. The third kappa shape index (κ3) is 6.28. The fourth-order valence-electron chi connectivity index (χ4n) is 2.93. The minimum absolute atomic E-state index is 0.0955. The summed E-state index contributed by atoms with van der Waals surface area (Å²) in [6.45, 7) is 2.23. The number of non-ortho nitro benzene ring substituents is 1. The van der Waals surface area contributed by atoms with Crippen molar-refractivity contribution in [1.82, 2.24) is 4.73 Å². The number of esters is 1. The van der Waals surface area contributed by atoms with Crippen molar-refractivity contribution in [3.05, 3.63) is 104 Å². The Bertz CT molecular complexity index is 1240. The highest BCUT2D eigenvalue weighted by Gasteiger charge is 2.14. The minimum atomic E-state index is -0.693. The number of benzene rings is 2. The monoisotopic (exact) mass is 465 g/mol. The minimum Gasteiger partial charge on any atom is -0.462 e. The van der Waals surface area contributed by atoms with Crippen molar-refractivity contribution in [3.63, 3.8) is 0 Å². The molecular weight excluding hydrogens is 442 g/mol. The molecule has 0 unspecified atom stereocenters. The topological polar surface area (TPSA) is 130 Å². The average Bonchev–Trinajstić information content (AvgIpc) is 2.84. The summed E-state index contributed by atoms with van der Waals surface area (Å²) >= 11 is 0. The van der Waals surface area contributed by atoms with Crippen molar-refractivity contribution in [2.45, 2.75) is 26.4 Å². The molecule has 0 saturated heterocycles. The Balaban J connectivity index is 1.65. The molecule has 0 bridgehead atoms. The number of unbranched alkanes of at least 4 members (excludes halogenated alkanes) is 1. The van der Waals surface area contributed by atoms with Crippen LogP contribution in [0.3, 0.4) is 0 Å². The first-order valence-corrected chi connectivity index (χ1v) is 10.6. The van der Waals surface area contributed by atoms with Crippen LogP contribution in [0.15, 0.2) is 71.7 Å². The molecular formula is C24H23N3O7. The molecule has 34 heavy (non-hydrogen) atoms. The van der Waals surface area contributed by atoms with E-state index < -0.39 is 22.4 Å². The van der Waals surface area contributed by atoms with Crippen molar-refractivity contribution < 1.29 is 24.1 Å². The van der Waals surface area contributed by atoms with E-state index in [1.807, 2.05) is 6.92 Å². The van der Waals surface area contributed by atoms with E-state index in [4.69, 9.17) is 9.57 Å². The Kier molecular flexibility index (Phi) is 8.11. The van der Waals surface area contributed by atoms with Gasteiger partial charge in [-0.1, -0.05) is 25.5 Å². The smallest absolute Gasteiger partial charge is 0.338 e. The largest absolute Gasteiger partial charge is 0.462 e. The van der Waals surface area contributed by atoms with Gasteiger partial charge in [0, 0.05) is 24.0 Å². The number of carbonyl (C=O) groups excluding carboxylic acids is 2. The Morgan fingerprint density at radius 1 is 1.09 bits per heavy atom. The highest BCUT2D eigenvalue weighted by molar-refractivity contribution is 6.04. The number of rotatable bonds is 10. The van der Waals surface area contributed by atoms with Crippen LogP contribution in [-0.2, 0) is 11.3 Å². The first-order chi connectivity index (χ1) is 16.4. The maximum absolute atomic E-state index is 12.7. The fraction of sp³-hybridized carbons (Fsp3) is 0.208. The second kappa shape index (κ2) is 11.4. The van der Waals surface area contributed by atoms with Crippen LogP contribution in [0.1, 0.15) is 46.0 Å². The van der Waals surface area contributed by atoms with E-state index in [1.54, 1.807) is 6.07 Å². The molecule has 2 aromatic carbocycles. The van der Waals surface area contributed by atoms with Crippen molar-refractivity contribution in [3.8, 4) is 0 Å². The van der Waals surface area contributed by atoms with Gasteiger partial charge in [0.05, 0.1) is 17.1 Å². The molecule has 176 valence electrons. The van der Waals surface area contributed by atoms with Crippen LogP contribution in [0.2, 0.25) is 0 Å². The van der Waals surface area contributed by atoms with Gasteiger partial charge in [-0.05, 0) is 48.4 Å². The van der Waals surface area contributed by atoms with E-state index in [0.29, 0.717) is 23.4 Å². The molecule has 1 aromatic heterocycles. The SMILES string of the molecule is CCCCOC(=O)c1ccc(NC(=O)c2cccn(OCc3cccc([N+](=O)[O-])c3)c2=O)cc1. The molecule has 0 saturated carbocycles. The molecule has 1 N–H and O–H groups in total. The maximum atomic E-state index is 12.7. The van der Waals surface area contributed by atoms with Gasteiger partial charge in [-0.15, -0.1) is 0 Å². The number of carbonyl (C=O) groups is 2. The Hall–Kier alpha value is -4.47. The lowest BCUT2D eigenvalue weighted by Gasteiger charge is -2.10. The number of nitrogens with one attached hydrogen (secondary N) is 1. The molecule has 10 heteroatoms. The molecule has 0 atom stereocenters. The normalized spacial score (nSPS) is 10.4. The number of pyridine rings is 1. The second-order valence-electron chi connectivity index (χ2n) is 7.27. The van der Waals surface area contributed by atoms with Crippen LogP contribution in [0.5, 0.6) is 0 Å². The van der Waals surface area contributed by atoms with Crippen LogP contribution in [0, 0.1) is 10.1 Å². The lowest BCUT2D eigenvalue weighted by Crippen LogP contribution is -2.32. The lowest BCUT2D eigenvalue weighted by molar-refractivity contribution is -0.384. The summed E-state index contributed by atoms with van der Waals surface area (Å²) in [5.74, 6) is -1.10. The third-order valence-electron chi connectivity index (χ3n) is 4.76. The van der Waals surface area contributed by atoms with Gasteiger partial charge >= 0.3 is 5.97 Å². The Morgan fingerprint density at radius 2 is 1.85 bits per heavy atom. The number of amides is 1. The zero-order valence-corrected chi connectivity index (χ0v) is 18.4. The molecule has 1 heterocycles. The number of hydrogen-bond acceptors (Lipinski definition) is 7. The summed E-state index contributed by atoms with van der Waals surface area (Å²) < 4.78 is 6.04. The van der Waals surface area contributed by atoms with Gasteiger partial charge in [0.25, 0.3) is 17.2 Å². The Morgan fingerprint density at radius 3 is 2.56 bits per heavy atom. The summed E-state index contributed by atoms with van der Waals surface area (Å²) in [7, 11) is 0. The van der Waals surface area contributed by atoms with Gasteiger partial charge < -0.3 is 14.9 Å². The summed E-state index contributed by atoms with van der Waals surface area (Å²) in [5.41, 5.74) is 0.283. The molecule has 0 fully saturated rings. The Labute approximate surface area is 194 Å². The molecule has 3 aromatic rings. The number of nitrogens with zero attached hydrogens (tertiary/aromatic N) is 2. The van der Waals surface area contributed by atoms with Gasteiger partial charge in [0.2, 0.25) is 0 Å². The predicted molar refractivity (Wildman–Crippen MR) is 124 cm³/mol. The van der Waals surface area contributed by atoms with E-state index in [2.05, 4.69) is 5.32 Å². The van der Waals surface area contributed by atoms with Crippen molar-refractivity contribution in [1.29, 1.82) is 0 Å². The molecule has 0 radical (unpaired) electrons. The summed E-state index contributed by atoms with van der Waals surface area (Å²) in [4.78, 5) is 53.1. The fourth-order valence-corrected chi connectivity index (χ4v) is 2.93. The van der Waals surface area contributed by atoms with Gasteiger partial charge in [-0.2, -0.15) is 4.73 Å². The van der Waals surface area contributed by atoms with E-state index in [9.17, 15) is 24.5 Å². The average molecular weight is 465 g/mol. The summed E-state index contributed by atoms with van der Waals surface area (Å²) in [5, 5.41) is 13.5. The van der Waals surface area contributed by atoms with E-state index in [1.165, 1.54) is 60.8 Å². The second-order valence-corrected chi connectivity index (χ2v) is 7.27.